The minimum Gasteiger partial charge on any atom is -0.467 e. The van der Waals surface area contributed by atoms with E-state index in [9.17, 15) is 9.59 Å². The normalized spacial score (nSPS) is 12.7. The minimum absolute atomic E-state index is 0.244. The lowest BCUT2D eigenvalue weighted by Gasteiger charge is -2.22. The first kappa shape index (κ1) is 16.9. The SMILES string of the molecule is COC(=O)[C@H](Cc1csc(Br)n1)NC(=O)OC(C)(C)C. The number of nitrogens with zero attached hydrogens (tertiary/aromatic N) is 1. The van der Waals surface area contributed by atoms with Crippen molar-refractivity contribution in [1.29, 1.82) is 0 Å². The molecule has 20 heavy (non-hydrogen) atoms. The predicted octanol–water partition coefficient (Wildman–Crippen LogP) is 2.51. The van der Waals surface area contributed by atoms with Crippen LogP contribution in [0.15, 0.2) is 9.30 Å². The van der Waals surface area contributed by atoms with Gasteiger partial charge in [-0.1, -0.05) is 0 Å². The summed E-state index contributed by atoms with van der Waals surface area (Å²) in [7, 11) is 1.27. The van der Waals surface area contributed by atoms with Crippen LogP contribution in [0.1, 0.15) is 26.5 Å². The van der Waals surface area contributed by atoms with E-state index in [4.69, 9.17) is 4.74 Å². The third-order valence-electron chi connectivity index (χ3n) is 2.11. The summed E-state index contributed by atoms with van der Waals surface area (Å²) in [4.78, 5) is 27.6. The lowest BCUT2D eigenvalue weighted by Crippen LogP contribution is -2.45. The monoisotopic (exact) mass is 364 g/mol. The molecule has 0 aliphatic carbocycles. The number of nitrogens with one attached hydrogen (secondary N) is 1. The van der Waals surface area contributed by atoms with Gasteiger partial charge in [-0.25, -0.2) is 14.6 Å². The maximum absolute atomic E-state index is 11.7. The van der Waals surface area contributed by atoms with Gasteiger partial charge in [-0.15, -0.1) is 11.3 Å². The number of methoxy groups -OCH3 is 1. The van der Waals surface area contributed by atoms with E-state index < -0.39 is 23.7 Å². The number of ether oxygens (including phenoxy) is 2. The van der Waals surface area contributed by atoms with Gasteiger partial charge < -0.3 is 14.8 Å². The Hall–Kier alpha value is -1.15. The number of alkyl carbamates (subject to hydrolysis) is 1. The number of halogens is 1. The molecule has 112 valence electrons. The molecule has 0 radical (unpaired) electrons. The highest BCUT2D eigenvalue weighted by atomic mass is 79.9. The largest absolute Gasteiger partial charge is 0.467 e. The van der Waals surface area contributed by atoms with E-state index in [0.717, 1.165) is 0 Å². The molecule has 1 aromatic rings. The summed E-state index contributed by atoms with van der Waals surface area (Å²) in [5, 5.41) is 4.30. The fourth-order valence-electron chi connectivity index (χ4n) is 1.37. The van der Waals surface area contributed by atoms with Gasteiger partial charge in [0.25, 0.3) is 0 Å². The van der Waals surface area contributed by atoms with Crippen LogP contribution in [0, 0.1) is 0 Å². The molecule has 0 aliphatic heterocycles. The Bertz CT molecular complexity index is 484. The van der Waals surface area contributed by atoms with Crippen LogP contribution in [-0.2, 0) is 20.7 Å². The van der Waals surface area contributed by atoms with Crippen molar-refractivity contribution in [3.05, 3.63) is 15.0 Å². The van der Waals surface area contributed by atoms with Crippen molar-refractivity contribution in [1.82, 2.24) is 10.3 Å². The lowest BCUT2D eigenvalue weighted by molar-refractivity contribution is -0.143. The molecule has 0 aromatic carbocycles. The van der Waals surface area contributed by atoms with Gasteiger partial charge in [0, 0.05) is 11.8 Å². The fraction of sp³-hybridized carbons (Fsp3) is 0.583. The summed E-state index contributed by atoms with van der Waals surface area (Å²) < 4.78 is 10.5. The highest BCUT2D eigenvalue weighted by Crippen LogP contribution is 2.17. The molecule has 0 saturated carbocycles. The van der Waals surface area contributed by atoms with Crippen LogP contribution in [0.3, 0.4) is 0 Å². The molecule has 1 amide bonds. The Morgan fingerprint density at radius 1 is 1.50 bits per heavy atom. The second-order valence-electron chi connectivity index (χ2n) is 5.02. The third kappa shape index (κ3) is 5.87. The zero-order chi connectivity index (χ0) is 15.3. The van der Waals surface area contributed by atoms with Crippen LogP contribution in [0.25, 0.3) is 0 Å². The number of hydrogen-bond acceptors (Lipinski definition) is 6. The molecule has 1 N–H and O–H groups in total. The number of amides is 1. The van der Waals surface area contributed by atoms with Crippen LogP contribution < -0.4 is 5.32 Å². The highest BCUT2D eigenvalue weighted by Gasteiger charge is 2.26. The average Bonchev–Trinajstić information content (AvgIpc) is 2.70. The molecule has 0 bridgehead atoms. The van der Waals surface area contributed by atoms with E-state index in [1.54, 1.807) is 26.2 Å². The van der Waals surface area contributed by atoms with Gasteiger partial charge in [-0.3, -0.25) is 0 Å². The number of aromatic nitrogens is 1. The molecular weight excluding hydrogens is 348 g/mol. The number of hydrogen-bond donors (Lipinski definition) is 1. The van der Waals surface area contributed by atoms with Crippen molar-refractivity contribution < 1.29 is 19.1 Å². The smallest absolute Gasteiger partial charge is 0.408 e. The summed E-state index contributed by atoms with van der Waals surface area (Å²) in [6, 6.07) is -0.830. The summed E-state index contributed by atoms with van der Waals surface area (Å²) in [6.45, 7) is 5.24. The molecule has 1 aromatic heterocycles. The van der Waals surface area contributed by atoms with E-state index >= 15 is 0 Å². The van der Waals surface area contributed by atoms with Crippen molar-refractivity contribution in [2.45, 2.75) is 38.8 Å². The van der Waals surface area contributed by atoms with Crippen LogP contribution >= 0.6 is 27.3 Å². The van der Waals surface area contributed by atoms with E-state index in [-0.39, 0.29) is 6.42 Å². The fourth-order valence-corrected chi connectivity index (χ4v) is 2.43. The Balaban J connectivity index is 2.70. The summed E-state index contributed by atoms with van der Waals surface area (Å²) in [6.07, 6.45) is -0.421. The van der Waals surface area contributed by atoms with E-state index in [0.29, 0.717) is 9.61 Å². The first-order valence-electron chi connectivity index (χ1n) is 5.88. The zero-order valence-electron chi connectivity index (χ0n) is 11.7. The average molecular weight is 365 g/mol. The molecule has 0 aliphatic rings. The van der Waals surface area contributed by atoms with E-state index in [2.05, 4.69) is 31.0 Å². The van der Waals surface area contributed by atoms with Crippen molar-refractivity contribution in [3.8, 4) is 0 Å². The van der Waals surface area contributed by atoms with Crippen molar-refractivity contribution in [2.75, 3.05) is 7.11 Å². The Morgan fingerprint density at radius 3 is 2.60 bits per heavy atom. The summed E-state index contributed by atoms with van der Waals surface area (Å²) in [5.41, 5.74) is 0.0577. The first-order valence-corrected chi connectivity index (χ1v) is 7.56. The number of carbonyl (C=O) groups is 2. The number of carbonyl (C=O) groups excluding carboxylic acids is 2. The van der Waals surface area contributed by atoms with Crippen LogP contribution in [0.5, 0.6) is 0 Å². The lowest BCUT2D eigenvalue weighted by atomic mass is 10.1. The van der Waals surface area contributed by atoms with Gasteiger partial charge in [0.15, 0.2) is 3.92 Å². The highest BCUT2D eigenvalue weighted by molar-refractivity contribution is 9.11. The number of thiazole rings is 1. The number of rotatable bonds is 4. The molecule has 1 atom stereocenters. The van der Waals surface area contributed by atoms with Crippen LogP contribution in [-0.4, -0.2) is 35.8 Å². The predicted molar refractivity (Wildman–Crippen MR) is 78.7 cm³/mol. The topological polar surface area (TPSA) is 77.5 Å². The first-order chi connectivity index (χ1) is 9.21. The number of esters is 1. The molecule has 0 fully saturated rings. The van der Waals surface area contributed by atoms with E-state index in [1.807, 2.05) is 0 Å². The third-order valence-corrected chi connectivity index (χ3v) is 3.53. The van der Waals surface area contributed by atoms with Crippen molar-refractivity contribution in [3.63, 3.8) is 0 Å². The van der Waals surface area contributed by atoms with Crippen LogP contribution in [0.4, 0.5) is 4.79 Å². The summed E-state index contributed by atoms with van der Waals surface area (Å²) >= 11 is 4.65. The summed E-state index contributed by atoms with van der Waals surface area (Å²) in [5.74, 6) is -0.542. The van der Waals surface area contributed by atoms with Gasteiger partial charge >= 0.3 is 12.1 Å². The second kappa shape index (κ2) is 7.03. The molecule has 1 rings (SSSR count). The molecular formula is C12H17BrN2O4S. The molecule has 0 unspecified atom stereocenters. The molecule has 1 heterocycles. The molecule has 0 spiro atoms. The zero-order valence-corrected chi connectivity index (χ0v) is 14.1. The standard InChI is InChI=1S/C12H17BrN2O4S/c1-12(2,3)19-11(17)15-8(9(16)18-4)5-7-6-20-10(13)14-7/h6,8H,5H2,1-4H3,(H,15,17)/t8-/m0/s1. The quantitative estimate of drug-likeness (QED) is 0.830. The van der Waals surface area contributed by atoms with Crippen LogP contribution in [0.2, 0.25) is 0 Å². The molecule has 6 nitrogen and oxygen atoms in total. The van der Waals surface area contributed by atoms with E-state index in [1.165, 1.54) is 18.4 Å². The van der Waals surface area contributed by atoms with Crippen molar-refractivity contribution >= 4 is 39.3 Å². The van der Waals surface area contributed by atoms with Gasteiger partial charge in [-0.2, -0.15) is 0 Å². The molecule has 0 saturated heterocycles. The minimum atomic E-state index is -0.830. The van der Waals surface area contributed by atoms with Gasteiger partial charge in [-0.05, 0) is 36.7 Å². The van der Waals surface area contributed by atoms with Gasteiger partial charge in [0.1, 0.15) is 11.6 Å². The molecule has 8 heteroatoms. The van der Waals surface area contributed by atoms with Gasteiger partial charge in [0.05, 0.1) is 12.8 Å². The van der Waals surface area contributed by atoms with Gasteiger partial charge in [0.2, 0.25) is 0 Å². The van der Waals surface area contributed by atoms with Crippen molar-refractivity contribution in [2.24, 2.45) is 0 Å². The Kier molecular flexibility index (Phi) is 5.94. The maximum Gasteiger partial charge on any atom is 0.408 e. The Morgan fingerprint density at radius 2 is 2.15 bits per heavy atom. The second-order valence-corrected chi connectivity index (χ2v) is 7.15. The Labute approximate surface area is 130 Å². The maximum atomic E-state index is 11.7.